The van der Waals surface area contributed by atoms with E-state index < -0.39 is 10.8 Å². The monoisotopic (exact) mass is 259 g/mol. The maximum absolute atomic E-state index is 11.6. The van der Waals surface area contributed by atoms with Crippen molar-refractivity contribution in [3.63, 3.8) is 0 Å². The van der Waals surface area contributed by atoms with Crippen molar-refractivity contribution >= 4 is 16.7 Å². The fourth-order valence-electron chi connectivity index (χ4n) is 1.37. The van der Waals surface area contributed by atoms with Gasteiger partial charge >= 0.3 is 0 Å². The maximum atomic E-state index is 11.6. The lowest BCUT2D eigenvalue weighted by molar-refractivity contribution is -0.122. The summed E-state index contributed by atoms with van der Waals surface area (Å²) in [6.07, 6.45) is 3.23. The second kappa shape index (κ2) is 6.45. The zero-order chi connectivity index (χ0) is 12.8. The molecular weight excluding hydrogens is 242 g/mol. The van der Waals surface area contributed by atoms with E-state index in [0.717, 1.165) is 0 Å². The molecular formula is C9H17N5O2S. The van der Waals surface area contributed by atoms with Crippen molar-refractivity contribution in [1.82, 2.24) is 20.3 Å². The van der Waals surface area contributed by atoms with Gasteiger partial charge in [-0.25, -0.2) is 4.68 Å². The van der Waals surface area contributed by atoms with Crippen LogP contribution in [0.1, 0.15) is 12.6 Å². The van der Waals surface area contributed by atoms with Gasteiger partial charge in [0.2, 0.25) is 5.91 Å². The lowest BCUT2D eigenvalue weighted by Gasteiger charge is -2.11. The Kier molecular flexibility index (Phi) is 5.23. The average molecular weight is 259 g/mol. The van der Waals surface area contributed by atoms with Gasteiger partial charge in [0.25, 0.3) is 0 Å². The summed E-state index contributed by atoms with van der Waals surface area (Å²) in [7, 11) is -0.922. The quantitative estimate of drug-likeness (QED) is 0.655. The van der Waals surface area contributed by atoms with E-state index in [1.165, 1.54) is 4.68 Å². The van der Waals surface area contributed by atoms with Gasteiger partial charge < -0.3 is 11.1 Å². The van der Waals surface area contributed by atoms with E-state index in [1.807, 2.05) is 6.92 Å². The summed E-state index contributed by atoms with van der Waals surface area (Å²) >= 11 is 0. The smallest absolute Gasteiger partial charge is 0.242 e. The molecule has 0 spiro atoms. The van der Waals surface area contributed by atoms with Gasteiger partial charge in [-0.2, -0.15) is 0 Å². The number of carbonyl (C=O) groups excluding carboxylic acids is 1. The van der Waals surface area contributed by atoms with Crippen LogP contribution < -0.4 is 11.1 Å². The molecule has 0 aliphatic rings. The van der Waals surface area contributed by atoms with Gasteiger partial charge in [0.05, 0.1) is 11.9 Å². The molecule has 3 N–H and O–H groups in total. The number of nitrogens with one attached hydrogen (secondary N) is 1. The summed E-state index contributed by atoms with van der Waals surface area (Å²) in [5, 5.41) is 10.3. The molecule has 0 fully saturated rings. The third-order valence-corrected chi connectivity index (χ3v) is 2.96. The van der Waals surface area contributed by atoms with Gasteiger partial charge in [-0.3, -0.25) is 9.00 Å². The molecule has 0 aromatic carbocycles. The Balaban J connectivity index is 2.41. The second-order valence-electron chi connectivity index (χ2n) is 3.82. The number of rotatable bonds is 6. The van der Waals surface area contributed by atoms with Gasteiger partial charge in [0, 0.05) is 35.4 Å². The number of nitrogens with two attached hydrogens (primary N) is 1. The lowest BCUT2D eigenvalue weighted by Crippen LogP contribution is -2.38. The highest BCUT2D eigenvalue weighted by Gasteiger charge is 2.10. The standard InChI is InChI=1S/C9H17N5O2S/c1-7(6-17(2)16)11-9(15)5-14-4-8(3-10)12-13-14/h4,7H,3,5-6,10H2,1-2H3,(H,11,15). The first kappa shape index (κ1) is 13.8. The van der Waals surface area contributed by atoms with Gasteiger partial charge in [-0.05, 0) is 6.92 Å². The molecule has 0 aliphatic heterocycles. The van der Waals surface area contributed by atoms with Gasteiger partial charge in [0.1, 0.15) is 6.54 Å². The molecule has 2 atom stereocenters. The van der Waals surface area contributed by atoms with Crippen molar-refractivity contribution in [3.05, 3.63) is 11.9 Å². The van der Waals surface area contributed by atoms with Crippen molar-refractivity contribution in [2.45, 2.75) is 26.1 Å². The van der Waals surface area contributed by atoms with E-state index >= 15 is 0 Å². The summed E-state index contributed by atoms with van der Waals surface area (Å²) < 4.78 is 12.4. The number of carbonyl (C=O) groups is 1. The highest BCUT2D eigenvalue weighted by atomic mass is 32.2. The molecule has 1 rings (SSSR count). The largest absolute Gasteiger partial charge is 0.351 e. The Bertz CT molecular complexity index is 406. The summed E-state index contributed by atoms with van der Waals surface area (Å²) in [5.41, 5.74) is 6.02. The molecule has 1 heterocycles. The molecule has 0 bridgehead atoms. The van der Waals surface area contributed by atoms with E-state index in [4.69, 9.17) is 5.73 Å². The number of aromatic nitrogens is 3. The van der Waals surface area contributed by atoms with E-state index in [1.54, 1.807) is 12.5 Å². The number of hydrogen-bond acceptors (Lipinski definition) is 5. The fraction of sp³-hybridized carbons (Fsp3) is 0.667. The fourth-order valence-corrected chi connectivity index (χ4v) is 2.16. The Morgan fingerprint density at radius 1 is 1.71 bits per heavy atom. The van der Waals surface area contributed by atoms with Crippen LogP contribution >= 0.6 is 0 Å². The van der Waals surface area contributed by atoms with E-state index in [0.29, 0.717) is 18.0 Å². The van der Waals surface area contributed by atoms with Crippen LogP contribution in [-0.4, -0.2) is 43.2 Å². The minimum Gasteiger partial charge on any atom is -0.351 e. The predicted molar refractivity (Wildman–Crippen MR) is 64.5 cm³/mol. The average Bonchev–Trinajstić information content (AvgIpc) is 2.63. The second-order valence-corrected chi connectivity index (χ2v) is 5.30. The van der Waals surface area contributed by atoms with Crippen LogP contribution in [0.4, 0.5) is 0 Å². The topological polar surface area (TPSA) is 103 Å². The SMILES string of the molecule is CC(CS(C)=O)NC(=O)Cn1cc(CN)nn1. The molecule has 96 valence electrons. The predicted octanol–water partition coefficient (Wildman–Crippen LogP) is -1.38. The summed E-state index contributed by atoms with van der Waals surface area (Å²) in [4.78, 5) is 11.6. The van der Waals surface area contributed by atoms with Crippen LogP contribution in [-0.2, 0) is 28.7 Å². The molecule has 7 nitrogen and oxygen atoms in total. The molecule has 0 saturated carbocycles. The van der Waals surface area contributed by atoms with Gasteiger partial charge in [-0.1, -0.05) is 5.21 Å². The maximum Gasteiger partial charge on any atom is 0.242 e. The van der Waals surface area contributed by atoms with Crippen molar-refractivity contribution in [2.24, 2.45) is 5.73 Å². The molecule has 1 aromatic heterocycles. The summed E-state index contributed by atoms with van der Waals surface area (Å²) in [6, 6.07) is -0.120. The summed E-state index contributed by atoms with van der Waals surface area (Å²) in [5.74, 6) is 0.258. The van der Waals surface area contributed by atoms with E-state index in [-0.39, 0.29) is 18.5 Å². The highest BCUT2D eigenvalue weighted by molar-refractivity contribution is 7.84. The molecule has 17 heavy (non-hydrogen) atoms. The van der Waals surface area contributed by atoms with Crippen LogP contribution in [0.25, 0.3) is 0 Å². The van der Waals surface area contributed by atoms with Crippen LogP contribution in [0, 0.1) is 0 Å². The zero-order valence-corrected chi connectivity index (χ0v) is 10.7. The number of hydrogen-bond donors (Lipinski definition) is 2. The Labute approximate surface area is 102 Å². The molecule has 8 heteroatoms. The van der Waals surface area contributed by atoms with Crippen molar-refractivity contribution in [2.75, 3.05) is 12.0 Å². The van der Waals surface area contributed by atoms with Crippen LogP contribution in [0.15, 0.2) is 6.20 Å². The molecule has 0 saturated heterocycles. The number of nitrogens with zero attached hydrogens (tertiary/aromatic N) is 3. The molecule has 2 unspecified atom stereocenters. The molecule has 1 aromatic rings. The zero-order valence-electron chi connectivity index (χ0n) is 9.92. The summed E-state index contributed by atoms with van der Waals surface area (Å²) in [6.45, 7) is 2.20. The van der Waals surface area contributed by atoms with E-state index in [2.05, 4.69) is 15.6 Å². The third kappa shape index (κ3) is 5.05. The first-order valence-electron chi connectivity index (χ1n) is 5.19. The Morgan fingerprint density at radius 2 is 2.41 bits per heavy atom. The van der Waals surface area contributed by atoms with Gasteiger partial charge in [-0.15, -0.1) is 5.10 Å². The van der Waals surface area contributed by atoms with Crippen molar-refractivity contribution < 1.29 is 9.00 Å². The van der Waals surface area contributed by atoms with Crippen LogP contribution in [0.5, 0.6) is 0 Å². The van der Waals surface area contributed by atoms with Crippen molar-refractivity contribution in [3.8, 4) is 0 Å². The Hall–Kier alpha value is -1.28. The van der Waals surface area contributed by atoms with Crippen molar-refractivity contribution in [1.29, 1.82) is 0 Å². The Morgan fingerprint density at radius 3 is 2.94 bits per heavy atom. The molecule has 0 radical (unpaired) electrons. The number of amides is 1. The third-order valence-electron chi connectivity index (χ3n) is 1.99. The minimum atomic E-state index is -0.922. The van der Waals surface area contributed by atoms with Gasteiger partial charge in [0.15, 0.2) is 0 Å². The first-order valence-corrected chi connectivity index (χ1v) is 6.92. The lowest BCUT2D eigenvalue weighted by atomic mass is 10.4. The highest BCUT2D eigenvalue weighted by Crippen LogP contribution is 1.92. The van der Waals surface area contributed by atoms with Crippen LogP contribution in [0.2, 0.25) is 0 Å². The molecule has 0 aliphatic carbocycles. The normalized spacial score (nSPS) is 14.3. The molecule has 1 amide bonds. The first-order chi connectivity index (χ1) is 8.01. The van der Waals surface area contributed by atoms with Crippen LogP contribution in [0.3, 0.4) is 0 Å². The minimum absolute atomic E-state index is 0.0910. The van der Waals surface area contributed by atoms with E-state index in [9.17, 15) is 9.00 Å².